The molecule has 1 aromatic rings. The molecule has 0 unspecified atom stereocenters. The van der Waals surface area contributed by atoms with E-state index in [0.717, 1.165) is 32.2 Å². The highest BCUT2D eigenvalue weighted by Gasteiger charge is 2.42. The SMILES string of the molecule is CNCCNC(=O)C1(c2ccc(C(C)C)cc2)CCCC1.Cl. The zero-order valence-corrected chi connectivity index (χ0v) is 14.8. The Labute approximate surface area is 140 Å². The number of likely N-dealkylation sites (N-methyl/N-ethyl adjacent to an activating group) is 1. The number of nitrogens with one attached hydrogen (secondary N) is 2. The van der Waals surface area contributed by atoms with Crippen LogP contribution in [-0.2, 0) is 10.2 Å². The number of carbonyl (C=O) groups is 1. The summed E-state index contributed by atoms with van der Waals surface area (Å²) in [6.07, 6.45) is 4.23. The molecular weight excluding hydrogens is 296 g/mol. The Kier molecular flexibility index (Phi) is 7.37. The van der Waals surface area contributed by atoms with Crippen molar-refractivity contribution in [2.24, 2.45) is 0 Å². The number of halogens is 1. The topological polar surface area (TPSA) is 41.1 Å². The highest BCUT2D eigenvalue weighted by Crippen LogP contribution is 2.41. The van der Waals surface area contributed by atoms with E-state index < -0.39 is 0 Å². The van der Waals surface area contributed by atoms with Crippen molar-refractivity contribution in [3.05, 3.63) is 35.4 Å². The molecule has 124 valence electrons. The molecule has 1 fully saturated rings. The maximum absolute atomic E-state index is 12.7. The number of carbonyl (C=O) groups excluding carboxylic acids is 1. The molecule has 0 atom stereocenters. The second-order valence-electron chi connectivity index (χ2n) is 6.43. The Morgan fingerprint density at radius 3 is 2.23 bits per heavy atom. The summed E-state index contributed by atoms with van der Waals surface area (Å²) in [7, 11) is 1.90. The summed E-state index contributed by atoms with van der Waals surface area (Å²) in [4.78, 5) is 12.7. The zero-order valence-electron chi connectivity index (χ0n) is 13.9. The highest BCUT2D eigenvalue weighted by atomic mass is 35.5. The van der Waals surface area contributed by atoms with Crippen LogP contribution in [0.3, 0.4) is 0 Å². The summed E-state index contributed by atoms with van der Waals surface area (Å²) in [5.41, 5.74) is 2.22. The van der Waals surface area contributed by atoms with Gasteiger partial charge in [0.25, 0.3) is 0 Å². The van der Waals surface area contributed by atoms with Crippen molar-refractivity contribution in [2.45, 2.75) is 50.9 Å². The van der Waals surface area contributed by atoms with E-state index in [0.29, 0.717) is 12.5 Å². The van der Waals surface area contributed by atoms with Gasteiger partial charge in [0.2, 0.25) is 5.91 Å². The Morgan fingerprint density at radius 2 is 1.73 bits per heavy atom. The quantitative estimate of drug-likeness (QED) is 0.788. The number of amides is 1. The number of rotatable bonds is 6. The van der Waals surface area contributed by atoms with Crippen LogP contribution < -0.4 is 10.6 Å². The zero-order chi connectivity index (χ0) is 15.3. The second-order valence-corrected chi connectivity index (χ2v) is 6.43. The third kappa shape index (κ3) is 4.02. The molecule has 0 bridgehead atoms. The monoisotopic (exact) mass is 324 g/mol. The Morgan fingerprint density at radius 1 is 1.14 bits per heavy atom. The lowest BCUT2D eigenvalue weighted by Gasteiger charge is -2.28. The van der Waals surface area contributed by atoms with E-state index in [1.54, 1.807) is 0 Å². The van der Waals surface area contributed by atoms with Crippen LogP contribution >= 0.6 is 12.4 Å². The van der Waals surface area contributed by atoms with Crippen molar-refractivity contribution in [2.75, 3.05) is 20.1 Å². The lowest BCUT2D eigenvalue weighted by Crippen LogP contribution is -2.44. The van der Waals surface area contributed by atoms with Crippen LogP contribution in [0.15, 0.2) is 24.3 Å². The summed E-state index contributed by atoms with van der Waals surface area (Å²) in [6.45, 7) is 5.91. The fourth-order valence-electron chi connectivity index (χ4n) is 3.28. The van der Waals surface area contributed by atoms with Crippen molar-refractivity contribution in [1.29, 1.82) is 0 Å². The molecule has 1 aromatic carbocycles. The summed E-state index contributed by atoms with van der Waals surface area (Å²) < 4.78 is 0. The summed E-state index contributed by atoms with van der Waals surface area (Å²) in [6, 6.07) is 8.69. The molecule has 4 heteroatoms. The lowest BCUT2D eigenvalue weighted by molar-refractivity contribution is -0.126. The van der Waals surface area contributed by atoms with Crippen LogP contribution in [0.25, 0.3) is 0 Å². The molecular formula is C18H29ClN2O. The highest BCUT2D eigenvalue weighted by molar-refractivity contribution is 5.88. The molecule has 22 heavy (non-hydrogen) atoms. The fraction of sp³-hybridized carbons (Fsp3) is 0.611. The smallest absolute Gasteiger partial charge is 0.230 e. The van der Waals surface area contributed by atoms with E-state index in [-0.39, 0.29) is 23.7 Å². The molecule has 0 radical (unpaired) electrons. The Balaban J connectivity index is 0.00000242. The van der Waals surface area contributed by atoms with Gasteiger partial charge >= 0.3 is 0 Å². The Hall–Kier alpha value is -1.06. The minimum Gasteiger partial charge on any atom is -0.354 e. The van der Waals surface area contributed by atoms with Crippen molar-refractivity contribution < 1.29 is 4.79 Å². The molecule has 1 aliphatic carbocycles. The molecule has 0 aromatic heterocycles. The normalized spacial score (nSPS) is 16.4. The maximum Gasteiger partial charge on any atom is 0.230 e. The van der Waals surface area contributed by atoms with E-state index in [4.69, 9.17) is 0 Å². The summed E-state index contributed by atoms with van der Waals surface area (Å²) in [5.74, 6) is 0.732. The minimum absolute atomic E-state index is 0. The van der Waals surface area contributed by atoms with Gasteiger partial charge in [-0.2, -0.15) is 0 Å². The second kappa shape index (κ2) is 8.54. The van der Waals surface area contributed by atoms with Crippen LogP contribution in [-0.4, -0.2) is 26.0 Å². The molecule has 0 heterocycles. The fourth-order valence-corrected chi connectivity index (χ4v) is 3.28. The maximum atomic E-state index is 12.7. The van der Waals surface area contributed by atoms with Gasteiger partial charge in [-0.3, -0.25) is 4.79 Å². The van der Waals surface area contributed by atoms with E-state index >= 15 is 0 Å². The largest absolute Gasteiger partial charge is 0.354 e. The molecule has 1 amide bonds. The number of hydrogen-bond acceptors (Lipinski definition) is 2. The van der Waals surface area contributed by atoms with Crippen molar-refractivity contribution in [3.63, 3.8) is 0 Å². The molecule has 0 saturated heterocycles. The first-order chi connectivity index (χ1) is 10.1. The summed E-state index contributed by atoms with van der Waals surface area (Å²) >= 11 is 0. The molecule has 2 rings (SSSR count). The third-order valence-electron chi connectivity index (χ3n) is 4.68. The first-order valence-electron chi connectivity index (χ1n) is 8.13. The van der Waals surface area contributed by atoms with E-state index in [1.165, 1.54) is 11.1 Å². The van der Waals surface area contributed by atoms with Gasteiger partial charge in [0.15, 0.2) is 0 Å². The van der Waals surface area contributed by atoms with Crippen LogP contribution in [0.2, 0.25) is 0 Å². The van der Waals surface area contributed by atoms with Gasteiger partial charge in [-0.05, 0) is 36.9 Å². The van der Waals surface area contributed by atoms with Crippen molar-refractivity contribution >= 4 is 18.3 Å². The molecule has 3 nitrogen and oxygen atoms in total. The molecule has 2 N–H and O–H groups in total. The number of hydrogen-bond donors (Lipinski definition) is 2. The Bertz CT molecular complexity index is 464. The van der Waals surface area contributed by atoms with E-state index in [2.05, 4.69) is 48.7 Å². The third-order valence-corrected chi connectivity index (χ3v) is 4.68. The van der Waals surface area contributed by atoms with Gasteiger partial charge in [0.05, 0.1) is 5.41 Å². The molecule has 0 aliphatic heterocycles. The minimum atomic E-state index is -0.302. The van der Waals surface area contributed by atoms with Gasteiger partial charge in [-0.15, -0.1) is 12.4 Å². The summed E-state index contributed by atoms with van der Waals surface area (Å²) in [5, 5.41) is 6.17. The predicted octanol–water partition coefficient (Wildman–Crippen LogP) is 3.38. The average molecular weight is 325 g/mol. The molecule has 0 spiro atoms. The lowest BCUT2D eigenvalue weighted by atomic mass is 9.77. The number of benzene rings is 1. The molecule has 1 saturated carbocycles. The van der Waals surface area contributed by atoms with Gasteiger partial charge in [-0.25, -0.2) is 0 Å². The van der Waals surface area contributed by atoms with Crippen LogP contribution in [0.4, 0.5) is 0 Å². The van der Waals surface area contributed by atoms with Crippen molar-refractivity contribution in [1.82, 2.24) is 10.6 Å². The molecule has 1 aliphatic rings. The predicted molar refractivity (Wildman–Crippen MR) is 94.9 cm³/mol. The van der Waals surface area contributed by atoms with E-state index in [9.17, 15) is 4.79 Å². The van der Waals surface area contributed by atoms with Crippen molar-refractivity contribution in [3.8, 4) is 0 Å². The van der Waals surface area contributed by atoms with Gasteiger partial charge in [-0.1, -0.05) is 51.0 Å². The van der Waals surface area contributed by atoms with E-state index in [1.807, 2.05) is 7.05 Å². The first kappa shape index (κ1) is 19.0. The van der Waals surface area contributed by atoms with Gasteiger partial charge in [0, 0.05) is 13.1 Å². The van der Waals surface area contributed by atoms with Crippen LogP contribution in [0.1, 0.15) is 56.6 Å². The van der Waals surface area contributed by atoms with Gasteiger partial charge in [0.1, 0.15) is 0 Å². The van der Waals surface area contributed by atoms with Crippen LogP contribution in [0, 0.1) is 0 Å². The van der Waals surface area contributed by atoms with Gasteiger partial charge < -0.3 is 10.6 Å². The first-order valence-corrected chi connectivity index (χ1v) is 8.13. The standard InChI is InChI=1S/C18H28N2O.ClH/c1-14(2)15-6-8-16(9-7-15)18(10-4-5-11-18)17(21)20-13-12-19-3;/h6-9,14,19H,4-5,10-13H2,1-3H3,(H,20,21);1H. The average Bonchev–Trinajstić information content (AvgIpc) is 2.98. The van der Waals surface area contributed by atoms with Crippen LogP contribution in [0.5, 0.6) is 0 Å².